The number of benzene rings is 2. The van der Waals surface area contributed by atoms with E-state index in [0.29, 0.717) is 11.4 Å². The lowest BCUT2D eigenvalue weighted by Crippen LogP contribution is -2.20. The fourth-order valence-electron chi connectivity index (χ4n) is 2.11. The van der Waals surface area contributed by atoms with Crippen molar-refractivity contribution in [3.8, 4) is 17.2 Å². The van der Waals surface area contributed by atoms with E-state index in [1.807, 2.05) is 19.1 Å². The molecule has 0 aromatic heterocycles. The van der Waals surface area contributed by atoms with Crippen molar-refractivity contribution in [3.63, 3.8) is 0 Å². The first-order chi connectivity index (χ1) is 12.0. The lowest BCUT2D eigenvalue weighted by molar-refractivity contribution is -0.118. The Morgan fingerprint density at radius 1 is 1.12 bits per heavy atom. The lowest BCUT2D eigenvalue weighted by Gasteiger charge is -2.12. The number of amides is 1. The van der Waals surface area contributed by atoms with E-state index in [0.717, 1.165) is 6.42 Å². The summed E-state index contributed by atoms with van der Waals surface area (Å²) in [6.07, 6.45) is 0.918. The van der Waals surface area contributed by atoms with Crippen LogP contribution < -0.4 is 19.5 Å². The van der Waals surface area contributed by atoms with Gasteiger partial charge in [-0.05, 0) is 36.2 Å². The molecule has 0 aliphatic carbocycles. The summed E-state index contributed by atoms with van der Waals surface area (Å²) in [4.78, 5) is 11.9. The van der Waals surface area contributed by atoms with Gasteiger partial charge in [-0.1, -0.05) is 19.1 Å². The molecule has 2 aromatic rings. The van der Waals surface area contributed by atoms with E-state index < -0.39 is 12.5 Å². The maximum absolute atomic E-state index is 12.4. The van der Waals surface area contributed by atoms with E-state index in [1.54, 1.807) is 12.1 Å². The Kier molecular flexibility index (Phi) is 6.56. The number of halogens is 2. The molecule has 0 atom stereocenters. The van der Waals surface area contributed by atoms with Gasteiger partial charge in [-0.3, -0.25) is 4.79 Å². The number of carbonyl (C=O) groups excluding carboxylic acids is 1. The van der Waals surface area contributed by atoms with Crippen molar-refractivity contribution in [3.05, 3.63) is 48.0 Å². The number of nitrogens with one attached hydrogen (secondary N) is 1. The van der Waals surface area contributed by atoms with Crippen molar-refractivity contribution in [2.75, 3.05) is 19.0 Å². The quantitative estimate of drug-likeness (QED) is 0.784. The Morgan fingerprint density at radius 2 is 1.84 bits per heavy atom. The van der Waals surface area contributed by atoms with Gasteiger partial charge >= 0.3 is 6.61 Å². The zero-order valence-electron chi connectivity index (χ0n) is 13.9. The van der Waals surface area contributed by atoms with E-state index in [4.69, 9.17) is 9.47 Å². The summed E-state index contributed by atoms with van der Waals surface area (Å²) in [5.74, 6) is 0.133. The molecular weight excluding hydrogens is 332 g/mol. The molecule has 1 N–H and O–H groups in total. The second-order valence-corrected chi connectivity index (χ2v) is 5.08. The summed E-state index contributed by atoms with van der Waals surface area (Å²) in [5.41, 5.74) is 1.47. The van der Waals surface area contributed by atoms with E-state index in [1.165, 1.54) is 30.9 Å². The van der Waals surface area contributed by atoms with Crippen molar-refractivity contribution in [2.45, 2.75) is 20.0 Å². The zero-order chi connectivity index (χ0) is 18.2. The Hall–Kier alpha value is -2.83. The zero-order valence-corrected chi connectivity index (χ0v) is 13.9. The SMILES string of the molecule is CCc1ccc(OCC(=O)Nc2ccc(OC)c(OC(F)F)c2)cc1. The van der Waals surface area contributed by atoms with Gasteiger partial charge in [0.25, 0.3) is 5.91 Å². The highest BCUT2D eigenvalue weighted by Gasteiger charge is 2.12. The van der Waals surface area contributed by atoms with Crippen LogP contribution in [-0.2, 0) is 11.2 Å². The van der Waals surface area contributed by atoms with Crippen molar-refractivity contribution in [1.29, 1.82) is 0 Å². The van der Waals surface area contributed by atoms with Crippen LogP contribution in [0.3, 0.4) is 0 Å². The number of methoxy groups -OCH3 is 1. The first-order valence-corrected chi connectivity index (χ1v) is 7.66. The Bertz CT molecular complexity index is 705. The molecule has 5 nitrogen and oxygen atoms in total. The molecule has 0 aliphatic heterocycles. The van der Waals surface area contributed by atoms with Gasteiger partial charge in [0.05, 0.1) is 7.11 Å². The number of hydrogen-bond donors (Lipinski definition) is 1. The molecule has 0 radical (unpaired) electrons. The lowest BCUT2D eigenvalue weighted by atomic mass is 10.2. The van der Waals surface area contributed by atoms with E-state index in [-0.39, 0.29) is 18.1 Å². The van der Waals surface area contributed by atoms with Gasteiger partial charge in [0.2, 0.25) is 0 Å². The number of anilines is 1. The fourth-order valence-corrected chi connectivity index (χ4v) is 2.11. The number of aryl methyl sites for hydroxylation is 1. The molecule has 7 heteroatoms. The minimum atomic E-state index is -2.99. The van der Waals surface area contributed by atoms with Crippen LogP contribution in [0.5, 0.6) is 17.2 Å². The minimum absolute atomic E-state index is 0.144. The van der Waals surface area contributed by atoms with Crippen LogP contribution >= 0.6 is 0 Å². The van der Waals surface area contributed by atoms with Gasteiger partial charge < -0.3 is 19.5 Å². The molecule has 25 heavy (non-hydrogen) atoms. The number of ether oxygens (including phenoxy) is 3. The maximum atomic E-state index is 12.4. The summed E-state index contributed by atoms with van der Waals surface area (Å²) in [6, 6.07) is 11.6. The molecule has 0 bridgehead atoms. The third kappa shape index (κ3) is 5.63. The molecule has 0 aliphatic rings. The van der Waals surface area contributed by atoms with Crippen LogP contribution in [-0.4, -0.2) is 26.2 Å². The molecule has 0 spiro atoms. The van der Waals surface area contributed by atoms with Gasteiger partial charge in [-0.2, -0.15) is 8.78 Å². The van der Waals surface area contributed by atoms with E-state index in [9.17, 15) is 13.6 Å². The molecule has 2 rings (SSSR count). The average Bonchev–Trinajstić information content (AvgIpc) is 2.60. The van der Waals surface area contributed by atoms with Crippen LogP contribution in [0, 0.1) is 0 Å². The monoisotopic (exact) mass is 351 g/mol. The summed E-state index contributed by atoms with van der Waals surface area (Å²) >= 11 is 0. The van der Waals surface area contributed by atoms with Gasteiger partial charge in [0.15, 0.2) is 18.1 Å². The maximum Gasteiger partial charge on any atom is 0.387 e. The average molecular weight is 351 g/mol. The van der Waals surface area contributed by atoms with Crippen molar-refractivity contribution in [1.82, 2.24) is 0 Å². The predicted molar refractivity (Wildman–Crippen MR) is 89.6 cm³/mol. The first-order valence-electron chi connectivity index (χ1n) is 7.66. The first kappa shape index (κ1) is 18.5. The summed E-state index contributed by atoms with van der Waals surface area (Å²) in [7, 11) is 1.34. The summed E-state index contributed by atoms with van der Waals surface area (Å²) in [6.45, 7) is -1.15. The van der Waals surface area contributed by atoms with Crippen molar-refractivity contribution < 1.29 is 27.8 Å². The topological polar surface area (TPSA) is 56.8 Å². The summed E-state index contributed by atoms with van der Waals surface area (Å²) < 4.78 is 39.5. The highest BCUT2D eigenvalue weighted by atomic mass is 19.3. The normalized spacial score (nSPS) is 10.4. The molecule has 0 saturated heterocycles. The number of carbonyl (C=O) groups is 1. The van der Waals surface area contributed by atoms with E-state index >= 15 is 0 Å². The minimum Gasteiger partial charge on any atom is -0.493 e. The van der Waals surface area contributed by atoms with Gasteiger partial charge in [0, 0.05) is 11.8 Å². The van der Waals surface area contributed by atoms with Crippen LogP contribution in [0.25, 0.3) is 0 Å². The predicted octanol–water partition coefficient (Wildman–Crippen LogP) is 3.88. The Morgan fingerprint density at radius 3 is 2.44 bits per heavy atom. The van der Waals surface area contributed by atoms with Gasteiger partial charge in [0.1, 0.15) is 5.75 Å². The van der Waals surface area contributed by atoms with Crippen LogP contribution in [0.15, 0.2) is 42.5 Å². The molecule has 0 saturated carbocycles. The molecule has 1 amide bonds. The van der Waals surface area contributed by atoms with Gasteiger partial charge in [-0.15, -0.1) is 0 Å². The van der Waals surface area contributed by atoms with Gasteiger partial charge in [-0.25, -0.2) is 0 Å². The second kappa shape index (κ2) is 8.86. The number of alkyl halides is 2. The Balaban J connectivity index is 1.94. The molecule has 134 valence electrons. The smallest absolute Gasteiger partial charge is 0.387 e. The van der Waals surface area contributed by atoms with Crippen LogP contribution in [0.4, 0.5) is 14.5 Å². The third-order valence-corrected chi connectivity index (χ3v) is 3.36. The highest BCUT2D eigenvalue weighted by Crippen LogP contribution is 2.31. The highest BCUT2D eigenvalue weighted by molar-refractivity contribution is 5.92. The van der Waals surface area contributed by atoms with Crippen molar-refractivity contribution >= 4 is 11.6 Å². The second-order valence-electron chi connectivity index (χ2n) is 5.08. The van der Waals surface area contributed by atoms with Crippen LogP contribution in [0.2, 0.25) is 0 Å². The fraction of sp³-hybridized carbons (Fsp3) is 0.278. The molecular formula is C18H19F2NO4. The molecule has 2 aromatic carbocycles. The van der Waals surface area contributed by atoms with Crippen LogP contribution in [0.1, 0.15) is 12.5 Å². The molecule has 0 unspecified atom stereocenters. The standard InChI is InChI=1S/C18H19F2NO4/c1-3-12-4-7-14(8-5-12)24-11-17(22)21-13-6-9-15(23-2)16(10-13)25-18(19)20/h4-10,18H,3,11H2,1-2H3,(H,21,22). The third-order valence-electron chi connectivity index (χ3n) is 3.36. The number of rotatable bonds is 8. The Labute approximate surface area is 144 Å². The molecule has 0 fully saturated rings. The summed E-state index contributed by atoms with van der Waals surface area (Å²) in [5, 5.41) is 2.56. The van der Waals surface area contributed by atoms with Crippen molar-refractivity contribution in [2.24, 2.45) is 0 Å². The van der Waals surface area contributed by atoms with E-state index in [2.05, 4.69) is 10.1 Å². The largest absolute Gasteiger partial charge is 0.493 e. The number of hydrogen-bond acceptors (Lipinski definition) is 4. The molecule has 0 heterocycles.